The summed E-state index contributed by atoms with van der Waals surface area (Å²) in [5.74, 6) is -4.79. The zero-order valence-electron chi connectivity index (χ0n) is 39.5. The number of Topliss-reactive ketones (excluding diaryl/α,β-unsaturated/α-hetero) is 2. The molecule has 366 valence electrons. The number of ketones is 2. The fraction of sp³-hybridized carbons (Fsp3) is 0.471. The second-order valence-electron chi connectivity index (χ2n) is 18.9. The molecular formula is C51H58FN5O12. The predicted octanol–water partition coefficient (Wildman–Crippen LogP) is 4.17. The van der Waals surface area contributed by atoms with Gasteiger partial charge in [0.25, 0.3) is 5.56 Å². The van der Waals surface area contributed by atoms with Gasteiger partial charge in [0.15, 0.2) is 17.2 Å². The van der Waals surface area contributed by atoms with Crippen LogP contribution in [0.25, 0.3) is 22.3 Å². The quantitative estimate of drug-likeness (QED) is 0.0634. The first-order valence-electron chi connectivity index (χ1n) is 23.3. The number of nitrogens with one attached hydrogen (secondary N) is 3. The number of aryl methyl sites for hydroxylation is 1. The van der Waals surface area contributed by atoms with Crippen LogP contribution >= 0.6 is 0 Å². The lowest BCUT2D eigenvalue weighted by Crippen LogP contribution is -2.44. The van der Waals surface area contributed by atoms with Gasteiger partial charge in [-0.1, -0.05) is 37.3 Å². The molecule has 3 amide bonds. The van der Waals surface area contributed by atoms with E-state index in [1.165, 1.54) is 10.6 Å². The molecule has 0 saturated carbocycles. The van der Waals surface area contributed by atoms with Crippen LogP contribution in [0.1, 0.15) is 118 Å². The first kappa shape index (κ1) is 50.2. The number of ether oxygens (including phenoxy) is 3. The molecule has 4 N–H and O–H groups in total. The largest absolute Gasteiger partial charge is 0.460 e. The van der Waals surface area contributed by atoms with Gasteiger partial charge in [0.1, 0.15) is 24.6 Å². The number of nitrogens with zero attached hydrogens (tertiary/aromatic N) is 2. The topological polar surface area (TPSA) is 238 Å². The Bertz CT molecular complexity index is 2780. The third kappa shape index (κ3) is 11.3. The summed E-state index contributed by atoms with van der Waals surface area (Å²) in [6.45, 7) is 7.36. The molecule has 69 heavy (non-hydrogen) atoms. The van der Waals surface area contributed by atoms with Crippen molar-refractivity contribution >= 4 is 52.1 Å². The lowest BCUT2D eigenvalue weighted by Gasteiger charge is -2.31. The number of amides is 3. The van der Waals surface area contributed by atoms with E-state index in [1.807, 2.05) is 18.2 Å². The minimum absolute atomic E-state index is 0.0295. The van der Waals surface area contributed by atoms with Crippen molar-refractivity contribution in [3.8, 4) is 11.4 Å². The average molecular weight is 952 g/mol. The molecule has 0 bridgehead atoms. The lowest BCUT2D eigenvalue weighted by atomic mass is 9.81. The van der Waals surface area contributed by atoms with E-state index in [9.17, 15) is 43.5 Å². The van der Waals surface area contributed by atoms with Gasteiger partial charge in [-0.2, -0.15) is 0 Å². The Morgan fingerprint density at radius 1 is 0.971 bits per heavy atom. The summed E-state index contributed by atoms with van der Waals surface area (Å²) in [7, 11) is 0. The number of carbonyl (C=O) groups excluding carboxylic acids is 7. The van der Waals surface area contributed by atoms with Crippen molar-refractivity contribution in [2.45, 2.75) is 123 Å². The van der Waals surface area contributed by atoms with Crippen molar-refractivity contribution in [3.05, 3.63) is 97.6 Å². The van der Waals surface area contributed by atoms with Gasteiger partial charge in [-0.15, -0.1) is 0 Å². The van der Waals surface area contributed by atoms with Crippen molar-refractivity contribution in [2.75, 3.05) is 26.3 Å². The van der Waals surface area contributed by atoms with Crippen molar-refractivity contribution < 1.29 is 57.3 Å². The number of pyridine rings is 2. The molecule has 3 aliphatic rings. The fourth-order valence-electron chi connectivity index (χ4n) is 9.29. The number of aliphatic hydroxyl groups is 1. The smallest absolute Gasteiger partial charge is 0.343 e. The van der Waals surface area contributed by atoms with Gasteiger partial charge in [0, 0.05) is 54.4 Å². The standard InChI is InChI=1S/C51H58FN5O12/c1-6-51(66)36-21-40-46-34(25-57(40)48(64)35(36)26-68-49(51)65)45-38(15-14-33-28(2)37(52)22-39(56-46)44(33)45)55-42(61)27-67-18-10-13-31(58)23-54-47(63)30(19-29-11-8-7-9-12-29)20-32(59)24-53-41(60)16-17-43(62)69-50(3,4)5/h7-9,11-12,21-22,30,38,66H,6,10,13-20,23-27H2,1-5H3,(H,53,60)(H,54,63)(H,55,61)/t30-,38+,51+/m1/s1. The number of hydrogen-bond acceptors (Lipinski definition) is 13. The second-order valence-corrected chi connectivity index (χ2v) is 18.9. The van der Waals surface area contributed by atoms with Gasteiger partial charge in [-0.3, -0.25) is 33.6 Å². The molecular weight excluding hydrogens is 894 g/mol. The summed E-state index contributed by atoms with van der Waals surface area (Å²) in [4.78, 5) is 108. The number of esters is 2. The summed E-state index contributed by atoms with van der Waals surface area (Å²) in [5, 5.41) is 20.2. The third-order valence-electron chi connectivity index (χ3n) is 12.8. The Hall–Kier alpha value is -6.66. The fourth-order valence-corrected chi connectivity index (χ4v) is 9.29. The van der Waals surface area contributed by atoms with Crippen molar-refractivity contribution in [3.63, 3.8) is 0 Å². The molecule has 0 saturated heterocycles. The number of rotatable bonds is 20. The van der Waals surface area contributed by atoms with E-state index >= 15 is 4.39 Å². The summed E-state index contributed by atoms with van der Waals surface area (Å²) >= 11 is 0. The lowest BCUT2D eigenvalue weighted by molar-refractivity contribution is -0.172. The van der Waals surface area contributed by atoms with Gasteiger partial charge in [-0.05, 0) is 88.1 Å². The molecule has 3 atom stereocenters. The first-order chi connectivity index (χ1) is 32.8. The van der Waals surface area contributed by atoms with E-state index in [2.05, 4.69) is 16.0 Å². The number of fused-ring (bicyclic) bond motifs is 5. The number of carbonyl (C=O) groups is 7. The maximum Gasteiger partial charge on any atom is 0.343 e. The molecule has 17 nitrogen and oxygen atoms in total. The monoisotopic (exact) mass is 951 g/mol. The van der Waals surface area contributed by atoms with E-state index < -0.39 is 70.0 Å². The maximum absolute atomic E-state index is 15.3. The molecule has 2 aliphatic heterocycles. The highest BCUT2D eigenvalue weighted by Gasteiger charge is 2.46. The molecule has 0 unspecified atom stereocenters. The van der Waals surface area contributed by atoms with E-state index in [4.69, 9.17) is 19.2 Å². The SMILES string of the molecule is CC[C@@]1(O)C(=O)OCc2c1cc1n(c2=O)Cc2c-1nc1cc(F)c(C)c3c1c2[C@@H](NC(=O)COCCCC(=O)CNC(=O)[C@@H](CC(=O)CNC(=O)CCC(=O)OC(C)(C)C)Cc1ccccc1)CC3. The van der Waals surface area contributed by atoms with Gasteiger partial charge in [-0.25, -0.2) is 14.2 Å². The number of hydrogen-bond donors (Lipinski definition) is 4. The second kappa shape index (κ2) is 20.9. The molecule has 7 rings (SSSR count). The Balaban J connectivity index is 0.921. The van der Waals surface area contributed by atoms with Gasteiger partial charge in [0.2, 0.25) is 17.7 Å². The molecule has 4 aromatic rings. The maximum atomic E-state index is 15.3. The molecule has 1 aliphatic carbocycles. The molecule has 0 spiro atoms. The highest BCUT2D eigenvalue weighted by atomic mass is 19.1. The van der Waals surface area contributed by atoms with Crippen molar-refractivity contribution in [2.24, 2.45) is 5.92 Å². The van der Waals surface area contributed by atoms with Gasteiger partial charge in [0.05, 0.1) is 54.6 Å². The minimum Gasteiger partial charge on any atom is -0.460 e. The van der Waals surface area contributed by atoms with Crippen LogP contribution in [0.4, 0.5) is 4.39 Å². The molecule has 18 heteroatoms. The van der Waals surface area contributed by atoms with Gasteiger partial charge < -0.3 is 39.8 Å². The van der Waals surface area contributed by atoms with E-state index in [0.29, 0.717) is 51.8 Å². The third-order valence-corrected chi connectivity index (χ3v) is 12.8. The molecule has 2 aromatic carbocycles. The van der Waals surface area contributed by atoms with Crippen LogP contribution in [0.15, 0.2) is 47.3 Å². The summed E-state index contributed by atoms with van der Waals surface area (Å²) in [6, 6.07) is 11.4. The zero-order chi connectivity index (χ0) is 49.8. The van der Waals surface area contributed by atoms with E-state index in [1.54, 1.807) is 52.8 Å². The highest BCUT2D eigenvalue weighted by Crippen LogP contribution is 2.46. The average Bonchev–Trinajstić information content (AvgIpc) is 3.68. The van der Waals surface area contributed by atoms with Crippen LogP contribution in [0.5, 0.6) is 0 Å². The zero-order valence-corrected chi connectivity index (χ0v) is 39.5. The number of benzene rings is 2. The predicted molar refractivity (Wildman–Crippen MR) is 248 cm³/mol. The van der Waals surface area contributed by atoms with Crippen LogP contribution in [0, 0.1) is 18.7 Å². The van der Waals surface area contributed by atoms with Crippen LogP contribution in [0.3, 0.4) is 0 Å². The Kier molecular flexibility index (Phi) is 15.2. The van der Waals surface area contributed by atoms with Crippen LogP contribution in [0.2, 0.25) is 0 Å². The first-order valence-corrected chi connectivity index (χ1v) is 23.3. The Labute approximate surface area is 397 Å². The molecule has 2 aromatic heterocycles. The normalized spacial score (nSPS) is 17.2. The van der Waals surface area contributed by atoms with Crippen LogP contribution in [-0.2, 0) is 79.4 Å². The van der Waals surface area contributed by atoms with Crippen LogP contribution < -0.4 is 21.5 Å². The minimum atomic E-state index is -2.03. The highest BCUT2D eigenvalue weighted by molar-refractivity contribution is 5.95. The van der Waals surface area contributed by atoms with E-state index in [-0.39, 0.29) is 101 Å². The number of aromatic nitrogens is 2. The number of halogens is 1. The van der Waals surface area contributed by atoms with Crippen LogP contribution in [-0.4, -0.2) is 87.8 Å². The summed E-state index contributed by atoms with van der Waals surface area (Å²) in [5.41, 5.74) is 1.63. The Morgan fingerprint density at radius 3 is 2.43 bits per heavy atom. The van der Waals surface area contributed by atoms with Crippen molar-refractivity contribution in [1.29, 1.82) is 0 Å². The molecule has 4 heterocycles. The van der Waals surface area contributed by atoms with Crippen molar-refractivity contribution in [1.82, 2.24) is 25.5 Å². The molecule has 0 fully saturated rings. The Morgan fingerprint density at radius 2 is 1.71 bits per heavy atom. The van der Waals surface area contributed by atoms with Gasteiger partial charge >= 0.3 is 11.9 Å². The number of cyclic esters (lactones) is 1. The molecule has 0 radical (unpaired) electrons. The summed E-state index contributed by atoms with van der Waals surface area (Å²) < 4.78 is 32.9. The summed E-state index contributed by atoms with van der Waals surface area (Å²) in [6.07, 6.45) is 0.836. The van der Waals surface area contributed by atoms with E-state index in [0.717, 1.165) is 11.1 Å².